The predicted octanol–water partition coefficient (Wildman–Crippen LogP) is 3.33. The number of nitrogens with zero attached hydrogens (tertiary/aromatic N) is 1. The fraction of sp³-hybridized carbons (Fsp3) is 0.556. The number of hydrogen-bond donors (Lipinski definition) is 1. The lowest BCUT2D eigenvalue weighted by molar-refractivity contribution is -0.149. The van der Waals surface area contributed by atoms with Gasteiger partial charge in [-0.1, -0.05) is 36.2 Å². The molecule has 0 radical (unpaired) electrons. The Morgan fingerprint density at radius 2 is 2.04 bits per heavy atom. The summed E-state index contributed by atoms with van der Waals surface area (Å²) in [6, 6.07) is 7.35. The molecule has 124 valence electrons. The van der Waals surface area contributed by atoms with Crippen LogP contribution in [0.15, 0.2) is 24.3 Å². The molecule has 23 heavy (non-hydrogen) atoms. The molecule has 0 aromatic heterocycles. The van der Waals surface area contributed by atoms with E-state index in [9.17, 15) is 14.7 Å². The summed E-state index contributed by atoms with van der Waals surface area (Å²) in [5.74, 6) is -0.725. The van der Waals surface area contributed by atoms with Crippen LogP contribution in [0.2, 0.25) is 5.02 Å². The molecule has 1 aliphatic carbocycles. The van der Waals surface area contributed by atoms with Crippen molar-refractivity contribution in [1.29, 1.82) is 0 Å². The van der Waals surface area contributed by atoms with Gasteiger partial charge < -0.3 is 10.0 Å². The molecule has 3 rings (SSSR count). The second-order valence-electron chi connectivity index (χ2n) is 7.34. The fourth-order valence-electron chi connectivity index (χ4n) is 4.27. The predicted molar refractivity (Wildman–Crippen MR) is 88.5 cm³/mol. The average molecular weight is 336 g/mol. The zero-order chi connectivity index (χ0) is 16.8. The van der Waals surface area contributed by atoms with Gasteiger partial charge in [-0.05, 0) is 44.2 Å². The second-order valence-corrected chi connectivity index (χ2v) is 7.75. The van der Waals surface area contributed by atoms with Crippen LogP contribution in [0.4, 0.5) is 0 Å². The highest BCUT2D eigenvalue weighted by Gasteiger charge is 2.56. The number of carbonyl (C=O) groups is 2. The lowest BCUT2D eigenvalue weighted by atomic mass is 9.81. The maximum Gasteiger partial charge on any atom is 0.311 e. The molecule has 5 heteroatoms. The topological polar surface area (TPSA) is 57.6 Å². The summed E-state index contributed by atoms with van der Waals surface area (Å²) in [4.78, 5) is 26.6. The average Bonchev–Trinajstić information content (AvgIpc) is 3.04. The Kier molecular flexibility index (Phi) is 3.91. The molecule has 1 aliphatic heterocycles. The number of fused-ring (bicyclic) bond motifs is 1. The van der Waals surface area contributed by atoms with E-state index < -0.39 is 16.8 Å². The molecule has 1 N–H and O–H groups in total. The number of carboxylic acids is 1. The third-order valence-corrected chi connectivity index (χ3v) is 6.00. The van der Waals surface area contributed by atoms with Gasteiger partial charge >= 0.3 is 5.97 Å². The molecular weight excluding hydrogens is 314 g/mol. The maximum atomic E-state index is 13.1. The van der Waals surface area contributed by atoms with Crippen molar-refractivity contribution in [3.63, 3.8) is 0 Å². The Balaban J connectivity index is 1.87. The van der Waals surface area contributed by atoms with Gasteiger partial charge in [0.2, 0.25) is 5.91 Å². The van der Waals surface area contributed by atoms with Crippen molar-refractivity contribution in [1.82, 2.24) is 4.90 Å². The van der Waals surface area contributed by atoms with Crippen molar-refractivity contribution in [2.24, 2.45) is 11.3 Å². The van der Waals surface area contributed by atoms with E-state index in [-0.39, 0.29) is 11.8 Å². The quantitative estimate of drug-likeness (QED) is 0.921. The Morgan fingerprint density at radius 1 is 1.35 bits per heavy atom. The standard InChI is InChI=1S/C18H22ClNO3/c1-17(2,13-7-3-4-8-14(13)19)15(21)20-10-12-6-5-9-18(12,11-20)16(22)23/h3-4,7-8,12H,5-6,9-11H2,1-2H3,(H,22,23)/t12-,18+/m0/s1. The first-order valence-electron chi connectivity index (χ1n) is 8.07. The molecule has 2 fully saturated rings. The van der Waals surface area contributed by atoms with Gasteiger partial charge in [-0.3, -0.25) is 9.59 Å². The molecule has 0 spiro atoms. The van der Waals surface area contributed by atoms with Crippen LogP contribution in [0.1, 0.15) is 38.7 Å². The summed E-state index contributed by atoms with van der Waals surface area (Å²) in [6.07, 6.45) is 2.50. The fourth-order valence-corrected chi connectivity index (χ4v) is 4.64. The van der Waals surface area contributed by atoms with E-state index in [1.54, 1.807) is 11.0 Å². The minimum Gasteiger partial charge on any atom is -0.481 e. The highest BCUT2D eigenvalue weighted by molar-refractivity contribution is 6.31. The van der Waals surface area contributed by atoms with E-state index in [1.165, 1.54) is 0 Å². The van der Waals surface area contributed by atoms with E-state index in [2.05, 4.69) is 0 Å². The molecule has 4 nitrogen and oxygen atoms in total. The summed E-state index contributed by atoms with van der Waals surface area (Å²) in [7, 11) is 0. The Hall–Kier alpha value is -1.55. The normalized spacial score (nSPS) is 27.1. The highest BCUT2D eigenvalue weighted by atomic mass is 35.5. The van der Waals surface area contributed by atoms with Gasteiger partial charge in [0.15, 0.2) is 0 Å². The van der Waals surface area contributed by atoms with E-state index in [0.717, 1.165) is 18.4 Å². The Morgan fingerprint density at radius 3 is 2.65 bits per heavy atom. The van der Waals surface area contributed by atoms with Gasteiger partial charge in [0.1, 0.15) is 0 Å². The van der Waals surface area contributed by atoms with Gasteiger partial charge in [0, 0.05) is 18.1 Å². The van der Waals surface area contributed by atoms with Crippen LogP contribution in [0.5, 0.6) is 0 Å². The Bertz CT molecular complexity index is 657. The number of carboxylic acid groups (broad SMARTS) is 1. The van der Waals surface area contributed by atoms with Crippen LogP contribution >= 0.6 is 11.6 Å². The number of hydrogen-bond acceptors (Lipinski definition) is 2. The third-order valence-electron chi connectivity index (χ3n) is 5.67. The van der Waals surface area contributed by atoms with Crippen molar-refractivity contribution < 1.29 is 14.7 Å². The number of rotatable bonds is 3. The van der Waals surface area contributed by atoms with E-state index in [1.807, 2.05) is 32.0 Å². The monoisotopic (exact) mass is 335 g/mol. The molecule has 1 heterocycles. The molecule has 1 amide bonds. The molecule has 0 bridgehead atoms. The van der Waals surface area contributed by atoms with Gasteiger partial charge in [-0.25, -0.2) is 0 Å². The third kappa shape index (κ3) is 2.44. The van der Waals surface area contributed by atoms with Crippen molar-refractivity contribution in [3.8, 4) is 0 Å². The zero-order valence-corrected chi connectivity index (χ0v) is 14.3. The molecule has 1 saturated carbocycles. The molecule has 1 aromatic rings. The first-order chi connectivity index (χ1) is 10.8. The summed E-state index contributed by atoms with van der Waals surface area (Å²) in [5.41, 5.74) is -0.726. The molecule has 1 aromatic carbocycles. The molecule has 1 saturated heterocycles. The van der Waals surface area contributed by atoms with Crippen LogP contribution in [-0.4, -0.2) is 35.0 Å². The Labute approximate surface area is 141 Å². The van der Waals surface area contributed by atoms with Gasteiger partial charge in [-0.2, -0.15) is 0 Å². The SMILES string of the molecule is CC(C)(C(=O)N1C[C@@H]2CCC[C@@]2(C(=O)O)C1)c1ccccc1Cl. The summed E-state index contributed by atoms with van der Waals surface area (Å²) >= 11 is 6.27. The lowest BCUT2D eigenvalue weighted by Gasteiger charge is -2.31. The number of amides is 1. The summed E-state index contributed by atoms with van der Waals surface area (Å²) < 4.78 is 0. The van der Waals surface area contributed by atoms with Crippen molar-refractivity contribution in [2.45, 2.75) is 38.5 Å². The number of halogens is 1. The molecule has 2 aliphatic rings. The number of benzene rings is 1. The largest absolute Gasteiger partial charge is 0.481 e. The summed E-state index contributed by atoms with van der Waals surface area (Å²) in [5, 5.41) is 10.2. The van der Waals surface area contributed by atoms with Crippen molar-refractivity contribution in [2.75, 3.05) is 13.1 Å². The van der Waals surface area contributed by atoms with Crippen LogP contribution in [0, 0.1) is 11.3 Å². The van der Waals surface area contributed by atoms with Crippen LogP contribution in [0.3, 0.4) is 0 Å². The second kappa shape index (κ2) is 5.52. The maximum absolute atomic E-state index is 13.1. The van der Waals surface area contributed by atoms with Crippen LogP contribution in [-0.2, 0) is 15.0 Å². The first kappa shape index (κ1) is 16.3. The number of aliphatic carboxylic acids is 1. The van der Waals surface area contributed by atoms with Crippen LogP contribution < -0.4 is 0 Å². The minimum atomic E-state index is -0.767. The smallest absolute Gasteiger partial charge is 0.311 e. The molecular formula is C18H22ClNO3. The zero-order valence-electron chi connectivity index (χ0n) is 13.5. The minimum absolute atomic E-state index is 0.0411. The van der Waals surface area contributed by atoms with Gasteiger partial charge in [0.25, 0.3) is 0 Å². The van der Waals surface area contributed by atoms with E-state index in [0.29, 0.717) is 24.5 Å². The lowest BCUT2D eigenvalue weighted by Crippen LogP contribution is -2.44. The van der Waals surface area contributed by atoms with E-state index in [4.69, 9.17) is 11.6 Å². The summed E-state index contributed by atoms with van der Waals surface area (Å²) in [6.45, 7) is 4.58. The molecule has 0 unspecified atom stereocenters. The highest BCUT2D eigenvalue weighted by Crippen LogP contribution is 2.49. The van der Waals surface area contributed by atoms with Crippen molar-refractivity contribution >= 4 is 23.5 Å². The van der Waals surface area contributed by atoms with Gasteiger partial charge in [0.05, 0.1) is 10.8 Å². The molecule has 2 atom stereocenters. The number of likely N-dealkylation sites (tertiary alicyclic amines) is 1. The van der Waals surface area contributed by atoms with Gasteiger partial charge in [-0.15, -0.1) is 0 Å². The van der Waals surface area contributed by atoms with E-state index >= 15 is 0 Å². The van der Waals surface area contributed by atoms with Crippen LogP contribution in [0.25, 0.3) is 0 Å². The first-order valence-corrected chi connectivity index (χ1v) is 8.44. The van der Waals surface area contributed by atoms with Crippen molar-refractivity contribution in [3.05, 3.63) is 34.9 Å². The number of carbonyl (C=O) groups excluding carboxylic acids is 1.